The van der Waals surface area contributed by atoms with Crippen molar-refractivity contribution in [1.29, 1.82) is 0 Å². The van der Waals surface area contributed by atoms with Crippen LogP contribution < -0.4 is 4.90 Å². The topological polar surface area (TPSA) is 21.3 Å². The fourth-order valence-electron chi connectivity index (χ4n) is 7.68. The lowest BCUT2D eigenvalue weighted by molar-refractivity contribution is 0.669. The standard InChI is InChI=1S/C48H32N2O/c1-3-14-33(15-4-1)34-28-30-36(31-29-34)49(45-26-13-24-43-41-21-8-10-27-46(41)51-48(43)45)37-18-11-19-38(32-37)50-44-25-9-7-20-40(44)42-23-12-22-39(47(42)50)35-16-5-2-6-17-35/h1-32H. The number of hydrogen-bond donors (Lipinski definition) is 0. The highest BCUT2D eigenvalue weighted by molar-refractivity contribution is 6.14. The first-order valence-electron chi connectivity index (χ1n) is 17.4. The lowest BCUT2D eigenvalue weighted by Crippen LogP contribution is -2.11. The van der Waals surface area contributed by atoms with Crippen molar-refractivity contribution in [2.75, 3.05) is 4.90 Å². The van der Waals surface area contributed by atoms with E-state index in [1.165, 1.54) is 44.1 Å². The number of para-hydroxylation sites is 4. The number of furan rings is 1. The van der Waals surface area contributed by atoms with Gasteiger partial charge in [0.15, 0.2) is 5.58 Å². The Morgan fingerprint density at radius 3 is 1.86 bits per heavy atom. The maximum absolute atomic E-state index is 6.64. The lowest BCUT2D eigenvalue weighted by Gasteiger charge is -2.26. The molecule has 0 aliphatic heterocycles. The van der Waals surface area contributed by atoms with Crippen molar-refractivity contribution < 1.29 is 4.42 Å². The fraction of sp³-hybridized carbons (Fsp3) is 0. The third kappa shape index (κ3) is 4.82. The second-order valence-corrected chi connectivity index (χ2v) is 12.9. The number of aromatic nitrogens is 1. The zero-order valence-electron chi connectivity index (χ0n) is 27.8. The average Bonchev–Trinajstić information content (AvgIpc) is 3.76. The van der Waals surface area contributed by atoms with Gasteiger partial charge in [0.1, 0.15) is 5.58 Å². The summed E-state index contributed by atoms with van der Waals surface area (Å²) in [5, 5.41) is 4.68. The minimum absolute atomic E-state index is 0.861. The molecule has 240 valence electrons. The minimum Gasteiger partial charge on any atom is -0.454 e. The first kappa shape index (κ1) is 29.1. The highest BCUT2D eigenvalue weighted by atomic mass is 16.3. The van der Waals surface area contributed by atoms with E-state index in [1.54, 1.807) is 0 Å². The van der Waals surface area contributed by atoms with E-state index in [-0.39, 0.29) is 0 Å². The fourth-order valence-corrected chi connectivity index (χ4v) is 7.68. The summed E-state index contributed by atoms with van der Waals surface area (Å²) in [6, 6.07) is 69.1. The zero-order chi connectivity index (χ0) is 33.7. The minimum atomic E-state index is 0.861. The molecule has 0 bridgehead atoms. The molecule has 0 saturated heterocycles. The second-order valence-electron chi connectivity index (χ2n) is 12.9. The molecule has 0 atom stereocenters. The third-order valence-electron chi connectivity index (χ3n) is 9.98. The van der Waals surface area contributed by atoms with Gasteiger partial charge in [0.05, 0.1) is 16.7 Å². The third-order valence-corrected chi connectivity index (χ3v) is 9.98. The van der Waals surface area contributed by atoms with Crippen molar-refractivity contribution in [3.05, 3.63) is 194 Å². The summed E-state index contributed by atoms with van der Waals surface area (Å²) in [5.41, 5.74) is 13.0. The van der Waals surface area contributed by atoms with Gasteiger partial charge in [-0.15, -0.1) is 0 Å². The van der Waals surface area contributed by atoms with Crippen molar-refractivity contribution in [3.8, 4) is 27.9 Å². The quantitative estimate of drug-likeness (QED) is 0.178. The van der Waals surface area contributed by atoms with Crippen LogP contribution >= 0.6 is 0 Å². The molecular weight excluding hydrogens is 621 g/mol. The van der Waals surface area contributed by atoms with Crippen LogP contribution in [0.4, 0.5) is 17.1 Å². The summed E-state index contributed by atoms with van der Waals surface area (Å²) in [6.07, 6.45) is 0. The van der Waals surface area contributed by atoms with Gasteiger partial charge in [0.25, 0.3) is 0 Å². The van der Waals surface area contributed by atoms with Gasteiger partial charge in [-0.05, 0) is 65.2 Å². The van der Waals surface area contributed by atoms with E-state index in [4.69, 9.17) is 4.42 Å². The molecule has 0 saturated carbocycles. The Morgan fingerprint density at radius 1 is 0.412 bits per heavy atom. The molecule has 0 amide bonds. The Hall–Kier alpha value is -6.84. The van der Waals surface area contributed by atoms with Crippen molar-refractivity contribution in [1.82, 2.24) is 4.57 Å². The number of fused-ring (bicyclic) bond motifs is 6. The molecule has 3 heteroatoms. The molecule has 0 spiro atoms. The van der Waals surface area contributed by atoms with Crippen LogP contribution in [0.15, 0.2) is 199 Å². The van der Waals surface area contributed by atoms with E-state index in [0.717, 1.165) is 44.7 Å². The van der Waals surface area contributed by atoms with Crippen LogP contribution in [0, 0.1) is 0 Å². The highest BCUT2D eigenvalue weighted by Gasteiger charge is 2.21. The van der Waals surface area contributed by atoms with Crippen LogP contribution in [0.2, 0.25) is 0 Å². The van der Waals surface area contributed by atoms with Gasteiger partial charge >= 0.3 is 0 Å². The first-order valence-corrected chi connectivity index (χ1v) is 17.4. The van der Waals surface area contributed by atoms with E-state index in [9.17, 15) is 0 Å². The van der Waals surface area contributed by atoms with Crippen LogP contribution in [0.1, 0.15) is 0 Å². The first-order chi connectivity index (χ1) is 25.3. The monoisotopic (exact) mass is 652 g/mol. The van der Waals surface area contributed by atoms with Crippen molar-refractivity contribution >= 4 is 60.8 Å². The summed E-state index contributed by atoms with van der Waals surface area (Å²) in [7, 11) is 0. The number of benzene rings is 8. The normalized spacial score (nSPS) is 11.5. The van der Waals surface area contributed by atoms with Gasteiger partial charge in [-0.1, -0.05) is 146 Å². The number of anilines is 3. The smallest absolute Gasteiger partial charge is 0.159 e. The number of rotatable bonds is 6. The maximum atomic E-state index is 6.64. The number of nitrogens with zero attached hydrogens (tertiary/aromatic N) is 2. The van der Waals surface area contributed by atoms with E-state index < -0.39 is 0 Å². The van der Waals surface area contributed by atoms with Crippen molar-refractivity contribution in [2.45, 2.75) is 0 Å². The zero-order valence-corrected chi connectivity index (χ0v) is 27.8. The van der Waals surface area contributed by atoms with Gasteiger partial charge in [-0.2, -0.15) is 0 Å². The summed E-state index contributed by atoms with van der Waals surface area (Å²) in [6.45, 7) is 0. The molecule has 2 heterocycles. The van der Waals surface area contributed by atoms with Crippen LogP contribution in [-0.2, 0) is 0 Å². The van der Waals surface area contributed by atoms with E-state index in [2.05, 4.69) is 191 Å². The Morgan fingerprint density at radius 2 is 1.04 bits per heavy atom. The van der Waals surface area contributed by atoms with Crippen molar-refractivity contribution in [2.24, 2.45) is 0 Å². The van der Waals surface area contributed by atoms with Gasteiger partial charge in [0.2, 0.25) is 0 Å². The second kappa shape index (κ2) is 11.9. The lowest BCUT2D eigenvalue weighted by atomic mass is 10.0. The van der Waals surface area contributed by atoms with Gasteiger partial charge < -0.3 is 13.9 Å². The summed E-state index contributed by atoms with van der Waals surface area (Å²) in [5.74, 6) is 0. The van der Waals surface area contributed by atoms with Gasteiger partial charge in [0, 0.05) is 44.2 Å². The maximum Gasteiger partial charge on any atom is 0.159 e. The molecule has 3 nitrogen and oxygen atoms in total. The predicted molar refractivity (Wildman–Crippen MR) is 214 cm³/mol. The molecule has 0 fully saturated rings. The Balaban J connectivity index is 1.21. The molecule has 0 N–H and O–H groups in total. The number of hydrogen-bond acceptors (Lipinski definition) is 2. The van der Waals surface area contributed by atoms with Crippen LogP contribution in [0.5, 0.6) is 0 Å². The molecule has 10 rings (SSSR count). The molecule has 10 aromatic rings. The average molecular weight is 653 g/mol. The Bertz CT molecular complexity index is 2850. The summed E-state index contributed by atoms with van der Waals surface area (Å²) in [4.78, 5) is 2.33. The molecular formula is C48H32N2O. The van der Waals surface area contributed by atoms with Crippen LogP contribution in [-0.4, -0.2) is 4.57 Å². The van der Waals surface area contributed by atoms with E-state index >= 15 is 0 Å². The molecule has 8 aromatic carbocycles. The SMILES string of the molecule is c1ccc(-c2ccc(N(c3cccc(-n4c5ccccc5c5cccc(-c6ccccc6)c54)c3)c3cccc4c3oc3ccccc34)cc2)cc1. The van der Waals surface area contributed by atoms with E-state index in [1.807, 2.05) is 12.1 Å². The van der Waals surface area contributed by atoms with E-state index in [0.29, 0.717) is 0 Å². The van der Waals surface area contributed by atoms with Gasteiger partial charge in [-0.25, -0.2) is 0 Å². The van der Waals surface area contributed by atoms with Crippen LogP contribution in [0.25, 0.3) is 71.7 Å². The molecule has 0 aliphatic rings. The Labute approximate surface area is 295 Å². The Kier molecular flexibility index (Phi) is 6.81. The molecule has 51 heavy (non-hydrogen) atoms. The predicted octanol–water partition coefficient (Wildman–Crippen LogP) is 13.5. The molecule has 2 aromatic heterocycles. The molecule has 0 aliphatic carbocycles. The van der Waals surface area contributed by atoms with Gasteiger partial charge in [-0.3, -0.25) is 0 Å². The molecule has 0 radical (unpaired) electrons. The summed E-state index contributed by atoms with van der Waals surface area (Å²) < 4.78 is 9.06. The summed E-state index contributed by atoms with van der Waals surface area (Å²) >= 11 is 0. The molecule has 0 unspecified atom stereocenters. The van der Waals surface area contributed by atoms with Crippen LogP contribution in [0.3, 0.4) is 0 Å². The highest BCUT2D eigenvalue weighted by Crippen LogP contribution is 2.44. The van der Waals surface area contributed by atoms with Crippen molar-refractivity contribution in [3.63, 3.8) is 0 Å². The largest absolute Gasteiger partial charge is 0.454 e.